The lowest BCUT2D eigenvalue weighted by molar-refractivity contribution is 0.0964. The number of aryl methyl sites for hydroxylation is 2. The summed E-state index contributed by atoms with van der Waals surface area (Å²) in [5.41, 5.74) is 7.34. The number of aromatic nitrogens is 3. The summed E-state index contributed by atoms with van der Waals surface area (Å²) in [6.07, 6.45) is 8.09. The second kappa shape index (κ2) is 11.4. The van der Waals surface area contributed by atoms with Gasteiger partial charge in [-0.25, -0.2) is 4.39 Å². The fourth-order valence-electron chi connectivity index (χ4n) is 7.22. The van der Waals surface area contributed by atoms with Crippen LogP contribution in [0.3, 0.4) is 0 Å². The van der Waals surface area contributed by atoms with Crippen LogP contribution in [0.4, 0.5) is 10.1 Å². The first-order chi connectivity index (χ1) is 21.3. The standard InChI is InChI=1S/C35H38FN5O3/c1-3-39-19-26(20-39)23-8-9-28(37-17-23)13-24-12-25(18-38(2)34(24)43)29-15-27(36)16-32(30(29)21-42)41-11-10-40-31-7-5-4-6-22(31)14-33(40)35(41)44/h8-9,12,14-18,26,42H,3-7,10-11,13,19-21H2,1-2H3. The van der Waals surface area contributed by atoms with Crippen LogP contribution in [0, 0.1) is 5.82 Å². The maximum atomic E-state index is 15.3. The van der Waals surface area contributed by atoms with Gasteiger partial charge in [-0.05, 0) is 84.8 Å². The molecule has 1 aliphatic carbocycles. The van der Waals surface area contributed by atoms with Crippen molar-refractivity contribution in [3.8, 4) is 11.1 Å². The van der Waals surface area contributed by atoms with E-state index in [9.17, 15) is 14.7 Å². The number of amides is 1. The highest BCUT2D eigenvalue weighted by atomic mass is 19.1. The van der Waals surface area contributed by atoms with Gasteiger partial charge in [0, 0.05) is 80.5 Å². The van der Waals surface area contributed by atoms with Crippen LogP contribution in [0.15, 0.2) is 53.6 Å². The molecule has 1 saturated heterocycles. The monoisotopic (exact) mass is 595 g/mol. The Kier molecular flexibility index (Phi) is 7.46. The van der Waals surface area contributed by atoms with Crippen LogP contribution >= 0.6 is 0 Å². The highest BCUT2D eigenvalue weighted by molar-refractivity contribution is 6.07. The number of carbonyl (C=O) groups is 1. The molecule has 1 aromatic carbocycles. The minimum Gasteiger partial charge on any atom is -0.392 e. The van der Waals surface area contributed by atoms with Crippen molar-refractivity contribution in [1.29, 1.82) is 0 Å². The van der Waals surface area contributed by atoms with Gasteiger partial charge in [0.25, 0.3) is 11.5 Å². The molecule has 5 heterocycles. The SMILES string of the molecule is CCN1CC(c2ccc(Cc3cc(-c4cc(F)cc(N5CCn6c(cc7c6CCCC7)C5=O)c4CO)cn(C)c3=O)nc2)C1. The summed E-state index contributed by atoms with van der Waals surface area (Å²) in [6.45, 7) is 5.93. The van der Waals surface area contributed by atoms with E-state index in [0.717, 1.165) is 51.0 Å². The van der Waals surface area contributed by atoms with Crippen molar-refractivity contribution in [3.05, 3.63) is 104 Å². The van der Waals surface area contributed by atoms with Gasteiger partial charge in [-0.1, -0.05) is 13.0 Å². The summed E-state index contributed by atoms with van der Waals surface area (Å²) < 4.78 is 18.9. The molecule has 2 aliphatic heterocycles. The van der Waals surface area contributed by atoms with Crippen LogP contribution in [0.5, 0.6) is 0 Å². The van der Waals surface area contributed by atoms with Crippen molar-refractivity contribution in [2.45, 2.75) is 58.1 Å². The van der Waals surface area contributed by atoms with E-state index >= 15 is 4.39 Å². The lowest BCUT2D eigenvalue weighted by Gasteiger charge is -2.38. The van der Waals surface area contributed by atoms with Gasteiger partial charge in [0.05, 0.1) is 12.3 Å². The summed E-state index contributed by atoms with van der Waals surface area (Å²) in [4.78, 5) is 35.6. The summed E-state index contributed by atoms with van der Waals surface area (Å²) in [5, 5.41) is 10.6. The molecule has 4 aromatic rings. The first kappa shape index (κ1) is 28.7. The second-order valence-electron chi connectivity index (χ2n) is 12.4. The van der Waals surface area contributed by atoms with Crippen LogP contribution in [0.2, 0.25) is 0 Å². The molecule has 0 saturated carbocycles. The van der Waals surface area contributed by atoms with E-state index in [0.29, 0.717) is 59.1 Å². The fourth-order valence-corrected chi connectivity index (χ4v) is 7.22. The van der Waals surface area contributed by atoms with Crippen LogP contribution in [-0.4, -0.2) is 56.2 Å². The molecule has 0 bridgehead atoms. The number of carbonyl (C=O) groups excluding carboxylic acids is 1. The summed E-state index contributed by atoms with van der Waals surface area (Å²) in [6, 6.07) is 10.5. The van der Waals surface area contributed by atoms with Gasteiger partial charge in [-0.3, -0.25) is 14.6 Å². The molecule has 3 aliphatic rings. The number of hydrogen-bond acceptors (Lipinski definition) is 5. The Morgan fingerprint density at radius 3 is 2.61 bits per heavy atom. The first-order valence-corrected chi connectivity index (χ1v) is 15.7. The van der Waals surface area contributed by atoms with Crippen LogP contribution in [0.1, 0.15) is 69.8 Å². The van der Waals surface area contributed by atoms with Crippen LogP contribution in [0.25, 0.3) is 11.1 Å². The van der Waals surface area contributed by atoms with Gasteiger partial charge in [0.1, 0.15) is 11.5 Å². The Balaban J connectivity index is 1.21. The number of fused-ring (bicyclic) bond motifs is 3. The second-order valence-corrected chi connectivity index (χ2v) is 12.4. The Hall–Kier alpha value is -4.08. The average Bonchev–Trinajstić information content (AvgIpc) is 3.39. The van der Waals surface area contributed by atoms with Crippen molar-refractivity contribution >= 4 is 11.6 Å². The van der Waals surface area contributed by atoms with E-state index in [1.807, 2.05) is 18.3 Å². The number of nitrogens with zero attached hydrogens (tertiary/aromatic N) is 5. The van der Waals surface area contributed by atoms with Crippen LogP contribution < -0.4 is 10.5 Å². The van der Waals surface area contributed by atoms with E-state index < -0.39 is 5.82 Å². The average molecular weight is 596 g/mol. The first-order valence-electron chi connectivity index (χ1n) is 15.7. The van der Waals surface area contributed by atoms with Gasteiger partial charge < -0.3 is 24.0 Å². The molecule has 0 unspecified atom stereocenters. The van der Waals surface area contributed by atoms with Crippen LogP contribution in [-0.2, 0) is 39.5 Å². The lowest BCUT2D eigenvalue weighted by atomic mass is 9.92. The van der Waals surface area contributed by atoms with Gasteiger partial charge >= 0.3 is 0 Å². The summed E-state index contributed by atoms with van der Waals surface area (Å²) in [7, 11) is 1.67. The number of pyridine rings is 2. The molecule has 7 rings (SSSR count). The largest absolute Gasteiger partial charge is 0.392 e. The number of halogens is 1. The number of likely N-dealkylation sites (tertiary alicyclic amines) is 1. The maximum absolute atomic E-state index is 15.3. The van der Waals surface area contributed by atoms with E-state index in [2.05, 4.69) is 27.4 Å². The molecule has 228 valence electrons. The van der Waals surface area contributed by atoms with Gasteiger partial charge in [0.15, 0.2) is 0 Å². The number of aliphatic hydroxyl groups excluding tert-OH is 1. The molecule has 0 radical (unpaired) electrons. The van der Waals surface area contributed by atoms with E-state index in [4.69, 9.17) is 0 Å². The van der Waals surface area contributed by atoms with Gasteiger partial charge in [-0.15, -0.1) is 0 Å². The minimum absolute atomic E-state index is 0.157. The van der Waals surface area contributed by atoms with Crippen molar-refractivity contribution in [3.63, 3.8) is 0 Å². The zero-order valence-corrected chi connectivity index (χ0v) is 25.4. The van der Waals surface area contributed by atoms with E-state index in [1.165, 1.54) is 33.5 Å². The van der Waals surface area contributed by atoms with Crippen molar-refractivity contribution in [2.24, 2.45) is 7.05 Å². The molecule has 1 N–H and O–H groups in total. The topological polar surface area (TPSA) is 83.6 Å². The van der Waals surface area contributed by atoms with Crippen molar-refractivity contribution in [1.82, 2.24) is 19.0 Å². The molecular weight excluding hydrogens is 557 g/mol. The molecule has 44 heavy (non-hydrogen) atoms. The maximum Gasteiger partial charge on any atom is 0.274 e. The summed E-state index contributed by atoms with van der Waals surface area (Å²) in [5.74, 6) is -0.198. The highest BCUT2D eigenvalue weighted by Crippen LogP contribution is 2.36. The fraction of sp³-hybridized carbons (Fsp3) is 0.400. The molecular formula is C35H38FN5O3. The molecule has 8 nitrogen and oxygen atoms in total. The number of likely N-dealkylation sites (N-methyl/N-ethyl adjacent to an activating group) is 1. The Morgan fingerprint density at radius 2 is 1.86 bits per heavy atom. The molecule has 0 spiro atoms. The molecule has 1 amide bonds. The predicted octanol–water partition coefficient (Wildman–Crippen LogP) is 4.43. The smallest absolute Gasteiger partial charge is 0.274 e. The molecule has 3 aromatic heterocycles. The van der Waals surface area contributed by atoms with Gasteiger partial charge in [0.2, 0.25) is 0 Å². The molecule has 1 fully saturated rings. The number of aliphatic hydroxyl groups is 1. The third kappa shape index (κ3) is 4.98. The number of anilines is 1. The highest BCUT2D eigenvalue weighted by Gasteiger charge is 2.32. The Morgan fingerprint density at radius 1 is 1.05 bits per heavy atom. The zero-order valence-electron chi connectivity index (χ0n) is 25.4. The van der Waals surface area contributed by atoms with Gasteiger partial charge in [-0.2, -0.15) is 0 Å². The van der Waals surface area contributed by atoms with Crippen molar-refractivity contribution < 1.29 is 14.3 Å². The third-order valence-electron chi connectivity index (χ3n) is 9.72. The molecule has 9 heteroatoms. The minimum atomic E-state index is -0.509. The third-order valence-corrected chi connectivity index (χ3v) is 9.72. The van der Waals surface area contributed by atoms with Crippen molar-refractivity contribution in [2.75, 3.05) is 31.1 Å². The number of rotatable bonds is 7. The van der Waals surface area contributed by atoms with E-state index in [-0.39, 0.29) is 18.1 Å². The lowest BCUT2D eigenvalue weighted by Crippen LogP contribution is -2.44. The quantitative estimate of drug-likeness (QED) is 0.342. The Bertz CT molecular complexity index is 1800. The Labute approximate surface area is 256 Å². The summed E-state index contributed by atoms with van der Waals surface area (Å²) >= 11 is 0. The normalized spacial score (nSPS) is 17.0. The number of benzene rings is 1. The van der Waals surface area contributed by atoms with E-state index in [1.54, 1.807) is 24.2 Å². The number of hydrogen-bond donors (Lipinski definition) is 1. The molecule has 0 atom stereocenters. The zero-order chi connectivity index (χ0) is 30.5. The predicted molar refractivity (Wildman–Crippen MR) is 168 cm³/mol.